The molecule has 0 saturated carbocycles. The highest BCUT2D eigenvalue weighted by Gasteiger charge is 2.54. The lowest BCUT2D eigenvalue weighted by atomic mass is 10.2. The molecule has 1 amide bonds. The number of carbonyl (C=O) groups is 1. The van der Waals surface area contributed by atoms with E-state index in [1.54, 1.807) is 60.9 Å². The molecular formula is C46H44N5O6PSi. The van der Waals surface area contributed by atoms with Crippen molar-refractivity contribution < 1.29 is 27.6 Å². The molecule has 0 radical (unpaired) electrons. The summed E-state index contributed by atoms with van der Waals surface area (Å²) in [6, 6.07) is 47.5. The second-order valence-electron chi connectivity index (χ2n) is 15.2. The lowest BCUT2D eigenvalue weighted by Crippen LogP contribution is -2.68. The molecule has 0 bridgehead atoms. The molecule has 3 atom stereocenters. The van der Waals surface area contributed by atoms with Gasteiger partial charge in [-0.2, -0.15) is 0 Å². The summed E-state index contributed by atoms with van der Waals surface area (Å²) in [5.74, 6) is 2.20. The Kier molecular flexibility index (Phi) is 11.4. The minimum absolute atomic E-state index is 0.272. The Bertz CT molecular complexity index is 2490. The number of carbonyl (C=O) groups excluding carboxylic acids is 1. The summed E-state index contributed by atoms with van der Waals surface area (Å²) >= 11 is 0. The van der Waals surface area contributed by atoms with Gasteiger partial charge in [-0.05, 0) is 57.9 Å². The van der Waals surface area contributed by atoms with Crippen molar-refractivity contribution in [3.05, 3.63) is 182 Å². The van der Waals surface area contributed by atoms with Crippen molar-refractivity contribution in [2.45, 2.75) is 50.7 Å². The highest BCUT2D eigenvalue weighted by atomic mass is 31.2. The minimum Gasteiger partial charge on any atom is -0.413 e. The van der Waals surface area contributed by atoms with Crippen LogP contribution in [-0.4, -0.2) is 46.0 Å². The van der Waals surface area contributed by atoms with E-state index in [2.05, 4.69) is 65.3 Å². The molecule has 1 saturated heterocycles. The number of hydrogen-bond donors (Lipinski definition) is 1. The Morgan fingerprint density at radius 1 is 0.763 bits per heavy atom. The summed E-state index contributed by atoms with van der Waals surface area (Å²) in [6.07, 6.45) is 3.22. The van der Waals surface area contributed by atoms with Crippen LogP contribution in [0.1, 0.15) is 43.8 Å². The number of imidazole rings is 1. The molecule has 0 unspecified atom stereocenters. The van der Waals surface area contributed by atoms with E-state index >= 15 is 0 Å². The molecule has 1 fully saturated rings. The van der Waals surface area contributed by atoms with Crippen LogP contribution in [0.2, 0.25) is 5.04 Å². The average molecular weight is 822 g/mol. The van der Waals surface area contributed by atoms with Crippen LogP contribution in [0.4, 0.5) is 5.82 Å². The maximum Gasteiger partial charge on any atom is 0.455 e. The van der Waals surface area contributed by atoms with Gasteiger partial charge in [-0.15, -0.1) is 0 Å². The first-order chi connectivity index (χ1) is 28.6. The number of fused-ring (bicyclic) bond motifs is 1. The smallest absolute Gasteiger partial charge is 0.413 e. The molecule has 0 spiro atoms. The van der Waals surface area contributed by atoms with Crippen LogP contribution in [0, 0.1) is 0 Å². The number of rotatable bonds is 13. The maximum atomic E-state index is 14.7. The van der Waals surface area contributed by atoms with Gasteiger partial charge in [0.1, 0.15) is 30.2 Å². The van der Waals surface area contributed by atoms with Crippen molar-refractivity contribution >= 4 is 49.2 Å². The lowest BCUT2D eigenvalue weighted by molar-refractivity contribution is 0.0113. The van der Waals surface area contributed by atoms with Gasteiger partial charge in [0.15, 0.2) is 17.0 Å². The summed E-state index contributed by atoms with van der Waals surface area (Å²) in [6.45, 7) is 6.66. The molecule has 1 aliphatic rings. The predicted octanol–water partition coefficient (Wildman–Crippen LogP) is 9.18. The van der Waals surface area contributed by atoms with E-state index in [9.17, 15) is 9.36 Å². The third-order valence-corrected chi connectivity index (χ3v) is 16.7. The highest BCUT2D eigenvalue weighted by Crippen LogP contribution is 2.51. The molecule has 59 heavy (non-hydrogen) atoms. The first-order valence-corrected chi connectivity index (χ1v) is 22.9. The summed E-state index contributed by atoms with van der Waals surface area (Å²) in [5.41, 5.74) is 1.36. The van der Waals surface area contributed by atoms with E-state index in [1.165, 1.54) is 12.1 Å². The Balaban J connectivity index is 1.20. The van der Waals surface area contributed by atoms with Crippen molar-refractivity contribution in [2.75, 3.05) is 5.32 Å². The molecule has 3 heterocycles. The van der Waals surface area contributed by atoms with E-state index in [-0.39, 0.29) is 16.8 Å². The number of benzene rings is 5. The monoisotopic (exact) mass is 821 g/mol. The van der Waals surface area contributed by atoms with Gasteiger partial charge in [0, 0.05) is 12.0 Å². The van der Waals surface area contributed by atoms with Crippen molar-refractivity contribution in [3.63, 3.8) is 0 Å². The second-order valence-corrected chi connectivity index (χ2v) is 21.2. The van der Waals surface area contributed by atoms with Crippen molar-refractivity contribution in [3.8, 4) is 11.5 Å². The number of amides is 1. The Morgan fingerprint density at radius 3 is 1.83 bits per heavy atom. The molecule has 7 aromatic rings. The zero-order chi connectivity index (χ0) is 40.9. The van der Waals surface area contributed by atoms with Gasteiger partial charge in [0.25, 0.3) is 14.2 Å². The van der Waals surface area contributed by atoms with Crippen LogP contribution in [-0.2, 0) is 13.7 Å². The van der Waals surface area contributed by atoms with Gasteiger partial charge in [-0.1, -0.05) is 136 Å². The third kappa shape index (κ3) is 8.53. The summed E-state index contributed by atoms with van der Waals surface area (Å²) in [4.78, 5) is 26.7. The molecule has 0 aliphatic carbocycles. The van der Waals surface area contributed by atoms with Crippen molar-refractivity contribution in [1.82, 2.24) is 19.5 Å². The van der Waals surface area contributed by atoms with Gasteiger partial charge in [-0.3, -0.25) is 9.36 Å². The quantitative estimate of drug-likeness (QED) is 0.0895. The molecule has 298 valence electrons. The fraction of sp³-hybridized carbons (Fsp3) is 0.174. The predicted molar refractivity (Wildman–Crippen MR) is 232 cm³/mol. The van der Waals surface area contributed by atoms with Crippen LogP contribution < -0.4 is 24.7 Å². The number of nitrogens with one attached hydrogen (secondary N) is 1. The van der Waals surface area contributed by atoms with Crippen LogP contribution in [0.5, 0.6) is 11.5 Å². The topological polar surface area (TPSA) is 127 Å². The zero-order valence-corrected chi connectivity index (χ0v) is 34.8. The highest BCUT2D eigenvalue weighted by molar-refractivity contribution is 7.58. The summed E-state index contributed by atoms with van der Waals surface area (Å²) in [5, 5.41) is 4.76. The molecule has 1 N–H and O–H groups in total. The molecule has 2 aromatic heterocycles. The van der Waals surface area contributed by atoms with Gasteiger partial charge in [0.2, 0.25) is 0 Å². The summed E-state index contributed by atoms with van der Waals surface area (Å²) in [7, 11) is -7.12. The molecule has 13 heteroatoms. The first kappa shape index (κ1) is 39.6. The van der Waals surface area contributed by atoms with Crippen LogP contribution in [0.15, 0.2) is 176 Å². The van der Waals surface area contributed by atoms with E-state index in [0.29, 0.717) is 34.6 Å². The molecule has 5 aromatic carbocycles. The van der Waals surface area contributed by atoms with E-state index in [0.717, 1.165) is 10.4 Å². The zero-order valence-electron chi connectivity index (χ0n) is 32.9. The van der Waals surface area contributed by atoms with Crippen molar-refractivity contribution in [1.29, 1.82) is 0 Å². The number of para-hydroxylation sites is 2. The standard InChI is InChI=1S/C46H44N5O6PSi/c1-46(2,3)59(37-25-15-7-16-26-37,38-27-17-8-18-28-38)57-40-31-41(51-33-49-42-43(47-32-48-44(42)51)50-45(52)34-19-9-4-10-20-34)54-39(40)29-30-58(53,55-35-21-11-5-12-22-35)56-36-23-13-6-14-24-36/h4-30,32-33,39-41H,31H2,1-3H3,(H,47,48,50,52)/b30-29+/t39-,40+,41-/m1/s1. The van der Waals surface area contributed by atoms with Crippen LogP contribution in [0.25, 0.3) is 11.2 Å². The van der Waals surface area contributed by atoms with Crippen LogP contribution >= 0.6 is 7.60 Å². The normalized spacial score (nSPS) is 17.2. The molecular weight excluding hydrogens is 778 g/mol. The molecule has 8 rings (SSSR count). The number of aromatic nitrogens is 4. The van der Waals surface area contributed by atoms with Gasteiger partial charge >= 0.3 is 7.60 Å². The van der Waals surface area contributed by atoms with E-state index < -0.39 is 34.3 Å². The SMILES string of the molecule is CC(C)(C)[Si](O[C@H]1C[C@H](n2cnc3c(NC(=O)c4ccccc4)ncnc32)O[C@@H]1/C=C/P(=O)(Oc1ccccc1)Oc1ccccc1)(c1ccccc1)c1ccccc1. The van der Waals surface area contributed by atoms with Gasteiger partial charge in [-0.25, -0.2) is 19.5 Å². The fourth-order valence-electron chi connectivity index (χ4n) is 7.49. The maximum absolute atomic E-state index is 14.7. The number of hydrogen-bond acceptors (Lipinski definition) is 9. The lowest BCUT2D eigenvalue weighted by Gasteiger charge is -2.45. The Hall–Kier alpha value is -6.17. The van der Waals surface area contributed by atoms with Crippen molar-refractivity contribution in [2.24, 2.45) is 0 Å². The third-order valence-electron chi connectivity index (χ3n) is 10.2. The van der Waals surface area contributed by atoms with Crippen LogP contribution in [0.3, 0.4) is 0 Å². The number of nitrogens with zero attached hydrogens (tertiary/aromatic N) is 4. The second kappa shape index (κ2) is 17.0. The average Bonchev–Trinajstić information content (AvgIpc) is 3.88. The summed E-state index contributed by atoms with van der Waals surface area (Å²) < 4.78 is 43.4. The van der Waals surface area contributed by atoms with E-state index in [4.69, 9.17) is 18.2 Å². The van der Waals surface area contributed by atoms with Gasteiger partial charge < -0.3 is 23.5 Å². The molecule has 11 nitrogen and oxygen atoms in total. The first-order valence-electron chi connectivity index (χ1n) is 19.4. The number of anilines is 1. The van der Waals surface area contributed by atoms with Gasteiger partial charge in [0.05, 0.1) is 18.2 Å². The van der Waals surface area contributed by atoms with E-state index in [1.807, 2.05) is 83.4 Å². The molecule has 1 aliphatic heterocycles. The Labute approximate surface area is 344 Å². The Morgan fingerprint density at radius 2 is 1.29 bits per heavy atom. The largest absolute Gasteiger partial charge is 0.455 e. The fourth-order valence-corrected chi connectivity index (χ4v) is 13.6. The number of ether oxygens (including phenoxy) is 1. The minimum atomic E-state index is -3.99.